The number of halogens is 1. The highest BCUT2D eigenvalue weighted by atomic mass is 35.5. The molecule has 0 saturated heterocycles. The lowest BCUT2D eigenvalue weighted by Gasteiger charge is -2.11. The van der Waals surface area contributed by atoms with Gasteiger partial charge in [0.25, 0.3) is 0 Å². The van der Waals surface area contributed by atoms with E-state index in [2.05, 4.69) is 15.5 Å². The molecule has 21 heavy (non-hydrogen) atoms. The normalized spacial score (nSPS) is 13.8. The van der Waals surface area contributed by atoms with Crippen LogP contribution < -0.4 is 5.32 Å². The maximum Gasteiger partial charge on any atom is 0.246 e. The molecule has 0 aliphatic carbocycles. The van der Waals surface area contributed by atoms with Crippen molar-refractivity contribution in [3.05, 3.63) is 63.5 Å². The van der Waals surface area contributed by atoms with E-state index in [9.17, 15) is 9.70 Å². The lowest BCUT2D eigenvalue weighted by atomic mass is 10.00. The Bertz CT molecular complexity index is 771. The van der Waals surface area contributed by atoms with Crippen molar-refractivity contribution in [3.8, 4) is 0 Å². The van der Waals surface area contributed by atoms with Crippen LogP contribution in [0.3, 0.4) is 0 Å². The van der Waals surface area contributed by atoms with Crippen LogP contribution in [0.1, 0.15) is 11.1 Å². The molecule has 2 aromatic rings. The van der Waals surface area contributed by atoms with Crippen LogP contribution in [0.25, 0.3) is 0 Å². The molecule has 0 saturated carbocycles. The largest absolute Gasteiger partial charge is 0.324 e. The summed E-state index contributed by atoms with van der Waals surface area (Å²) < 4.78 is 0. The molecule has 1 N–H and O–H groups in total. The zero-order valence-electron chi connectivity index (χ0n) is 10.8. The molecule has 0 radical (unpaired) electrons. The molecule has 104 valence electrons. The summed E-state index contributed by atoms with van der Waals surface area (Å²) in [6, 6.07) is 12.0. The van der Waals surface area contributed by atoms with Crippen molar-refractivity contribution in [1.29, 1.82) is 0 Å². The van der Waals surface area contributed by atoms with Gasteiger partial charge in [-0.2, -0.15) is 0 Å². The summed E-state index contributed by atoms with van der Waals surface area (Å²) >= 11 is 6.22. The van der Waals surface area contributed by atoms with Crippen molar-refractivity contribution < 1.29 is 4.79 Å². The van der Waals surface area contributed by atoms with E-state index < -0.39 is 0 Å². The second-order valence-electron chi connectivity index (χ2n) is 4.51. The zero-order chi connectivity index (χ0) is 14.8. The number of nitrogens with zero attached hydrogens (tertiary/aromatic N) is 2. The molecule has 0 fully saturated rings. The van der Waals surface area contributed by atoms with E-state index in [1.165, 1.54) is 0 Å². The van der Waals surface area contributed by atoms with E-state index in [1.54, 1.807) is 24.3 Å². The SMILES string of the molecule is O=Nc1ccc2c(c1)C(c1ccccc1Cl)=NCC(=O)N2. The van der Waals surface area contributed by atoms with Gasteiger partial charge in [0, 0.05) is 16.1 Å². The van der Waals surface area contributed by atoms with Crippen LogP contribution in [-0.4, -0.2) is 18.2 Å². The van der Waals surface area contributed by atoms with Crippen molar-refractivity contribution in [2.24, 2.45) is 10.2 Å². The number of nitroso groups, excluding NO2 is 1. The molecule has 5 nitrogen and oxygen atoms in total. The maximum absolute atomic E-state index is 11.7. The summed E-state index contributed by atoms with van der Waals surface area (Å²) in [7, 11) is 0. The van der Waals surface area contributed by atoms with Gasteiger partial charge in [0.05, 0.1) is 11.4 Å². The molecule has 1 amide bonds. The van der Waals surface area contributed by atoms with E-state index >= 15 is 0 Å². The average Bonchev–Trinajstić information content (AvgIpc) is 2.65. The fourth-order valence-electron chi connectivity index (χ4n) is 2.20. The second kappa shape index (κ2) is 5.46. The van der Waals surface area contributed by atoms with Crippen LogP contribution in [0.5, 0.6) is 0 Å². The van der Waals surface area contributed by atoms with Crippen molar-refractivity contribution in [2.45, 2.75) is 0 Å². The number of nitrogens with one attached hydrogen (secondary N) is 1. The summed E-state index contributed by atoms with van der Waals surface area (Å²) in [4.78, 5) is 26.8. The summed E-state index contributed by atoms with van der Waals surface area (Å²) in [5.74, 6) is -0.217. The van der Waals surface area contributed by atoms with Crippen molar-refractivity contribution >= 4 is 34.6 Å². The average molecular weight is 300 g/mol. The first-order valence-corrected chi connectivity index (χ1v) is 6.64. The lowest BCUT2D eigenvalue weighted by molar-refractivity contribution is -0.114. The van der Waals surface area contributed by atoms with E-state index in [-0.39, 0.29) is 18.1 Å². The van der Waals surface area contributed by atoms with Crippen LogP contribution in [0.2, 0.25) is 5.02 Å². The van der Waals surface area contributed by atoms with Gasteiger partial charge in [-0.15, -0.1) is 4.91 Å². The maximum atomic E-state index is 11.7. The number of hydrogen-bond acceptors (Lipinski definition) is 4. The minimum absolute atomic E-state index is 0.000905. The van der Waals surface area contributed by atoms with E-state index in [1.807, 2.05) is 18.2 Å². The van der Waals surface area contributed by atoms with Gasteiger partial charge in [0.15, 0.2) is 0 Å². The van der Waals surface area contributed by atoms with E-state index in [0.717, 1.165) is 0 Å². The fraction of sp³-hybridized carbons (Fsp3) is 0.0667. The highest BCUT2D eigenvalue weighted by molar-refractivity contribution is 6.36. The van der Waals surface area contributed by atoms with Gasteiger partial charge in [0.2, 0.25) is 5.91 Å². The number of hydrogen-bond donors (Lipinski definition) is 1. The fourth-order valence-corrected chi connectivity index (χ4v) is 2.43. The summed E-state index contributed by atoms with van der Waals surface area (Å²) in [6.07, 6.45) is 0. The Hall–Kier alpha value is -2.53. The Labute approximate surface area is 125 Å². The molecule has 0 aromatic heterocycles. The van der Waals surface area contributed by atoms with Crippen molar-refractivity contribution in [2.75, 3.05) is 11.9 Å². The molecule has 1 heterocycles. The molecule has 0 atom stereocenters. The second-order valence-corrected chi connectivity index (χ2v) is 4.92. The third-order valence-electron chi connectivity index (χ3n) is 3.15. The van der Waals surface area contributed by atoms with Gasteiger partial charge in [-0.1, -0.05) is 29.8 Å². The summed E-state index contributed by atoms with van der Waals surface area (Å²) in [5, 5.41) is 6.21. The molecule has 1 aliphatic heterocycles. The highest BCUT2D eigenvalue weighted by Gasteiger charge is 2.20. The molecule has 2 aromatic carbocycles. The van der Waals surface area contributed by atoms with Gasteiger partial charge in [-0.05, 0) is 29.4 Å². The molecule has 1 aliphatic rings. The van der Waals surface area contributed by atoms with Gasteiger partial charge < -0.3 is 5.32 Å². The quantitative estimate of drug-likeness (QED) is 0.862. The Morgan fingerprint density at radius 2 is 1.95 bits per heavy atom. The summed E-state index contributed by atoms with van der Waals surface area (Å²) in [6.45, 7) is -0.000905. The standard InChI is InChI=1S/C15H10ClN3O2/c16-12-4-2-1-3-10(12)15-11-7-9(19-21)5-6-13(11)18-14(20)8-17-15/h1-7H,8H2,(H,18,20). The number of amides is 1. The monoisotopic (exact) mass is 299 g/mol. The Morgan fingerprint density at radius 1 is 1.14 bits per heavy atom. The van der Waals surface area contributed by atoms with Gasteiger partial charge in [-0.3, -0.25) is 9.79 Å². The Kier molecular flexibility index (Phi) is 3.50. The first-order valence-electron chi connectivity index (χ1n) is 6.26. The minimum atomic E-state index is -0.217. The molecular weight excluding hydrogens is 290 g/mol. The lowest BCUT2D eigenvalue weighted by Crippen LogP contribution is -2.13. The predicted octanol–water partition coefficient (Wildman–Crippen LogP) is 3.53. The number of carbonyl (C=O) groups excluding carboxylic acids is 1. The van der Waals surface area contributed by atoms with Gasteiger partial charge in [-0.25, -0.2) is 0 Å². The number of rotatable bonds is 2. The number of carbonyl (C=O) groups is 1. The minimum Gasteiger partial charge on any atom is -0.324 e. The number of fused-ring (bicyclic) bond motifs is 1. The first kappa shape index (κ1) is 13.5. The molecule has 3 rings (SSSR count). The van der Waals surface area contributed by atoms with Crippen LogP contribution in [0.15, 0.2) is 52.6 Å². The topological polar surface area (TPSA) is 70.9 Å². The number of benzene rings is 2. The Balaban J connectivity index is 2.24. The third-order valence-corrected chi connectivity index (χ3v) is 3.48. The smallest absolute Gasteiger partial charge is 0.246 e. The van der Waals surface area contributed by atoms with Crippen LogP contribution in [-0.2, 0) is 4.79 Å². The highest BCUT2D eigenvalue weighted by Crippen LogP contribution is 2.29. The first-order chi connectivity index (χ1) is 10.2. The third kappa shape index (κ3) is 2.55. The number of aliphatic imine (C=N–C) groups is 1. The molecule has 0 spiro atoms. The molecule has 6 heteroatoms. The number of benzodiazepines with no additional fused rings is 1. The molecular formula is C15H10ClN3O2. The van der Waals surface area contributed by atoms with E-state index in [0.29, 0.717) is 27.5 Å². The zero-order valence-corrected chi connectivity index (χ0v) is 11.6. The van der Waals surface area contributed by atoms with Crippen molar-refractivity contribution in [3.63, 3.8) is 0 Å². The van der Waals surface area contributed by atoms with Crippen molar-refractivity contribution in [1.82, 2.24) is 0 Å². The van der Waals surface area contributed by atoms with Crippen LogP contribution in [0, 0.1) is 4.91 Å². The summed E-state index contributed by atoms with van der Waals surface area (Å²) in [5.41, 5.74) is 2.76. The Morgan fingerprint density at radius 3 is 2.71 bits per heavy atom. The van der Waals surface area contributed by atoms with Gasteiger partial charge >= 0.3 is 0 Å². The van der Waals surface area contributed by atoms with Gasteiger partial charge in [0.1, 0.15) is 12.2 Å². The molecule has 0 bridgehead atoms. The van der Waals surface area contributed by atoms with Crippen LogP contribution >= 0.6 is 11.6 Å². The number of anilines is 1. The van der Waals surface area contributed by atoms with Crippen LogP contribution in [0.4, 0.5) is 11.4 Å². The van der Waals surface area contributed by atoms with E-state index in [4.69, 9.17) is 11.6 Å². The molecule has 0 unspecified atom stereocenters. The predicted molar refractivity (Wildman–Crippen MR) is 82.5 cm³/mol.